The van der Waals surface area contributed by atoms with Gasteiger partial charge in [-0.2, -0.15) is 5.10 Å². The summed E-state index contributed by atoms with van der Waals surface area (Å²) in [5.74, 6) is -0.428. The molecule has 1 aliphatic heterocycles. The maximum absolute atomic E-state index is 14.2. The Hall–Kier alpha value is -1.99. The minimum atomic E-state index is -0.428. The number of benzene rings is 2. The van der Waals surface area contributed by atoms with Crippen LogP contribution in [0.4, 0.5) is 4.39 Å². The molecule has 0 saturated carbocycles. The molecular weight excluding hydrogens is 432 g/mol. The van der Waals surface area contributed by atoms with Crippen molar-refractivity contribution in [2.24, 2.45) is 10.1 Å². The normalized spacial score (nSPS) is 17.5. The van der Waals surface area contributed by atoms with Crippen molar-refractivity contribution in [3.8, 4) is 11.3 Å². The molecule has 0 amide bonds. The van der Waals surface area contributed by atoms with Gasteiger partial charge < -0.3 is 4.74 Å². The highest BCUT2D eigenvalue weighted by atomic mass is 35.5. The van der Waals surface area contributed by atoms with Gasteiger partial charge in [0, 0.05) is 28.1 Å². The van der Waals surface area contributed by atoms with Crippen molar-refractivity contribution in [1.82, 2.24) is 4.68 Å². The van der Waals surface area contributed by atoms with Gasteiger partial charge in [0.25, 0.3) is 0 Å². The second kappa shape index (κ2) is 9.22. The highest BCUT2D eigenvalue weighted by molar-refractivity contribution is 7.07. The first-order valence-corrected chi connectivity index (χ1v) is 10.8. The van der Waals surface area contributed by atoms with Gasteiger partial charge in [-0.25, -0.2) is 9.07 Å². The quantitative estimate of drug-likeness (QED) is 0.465. The maximum atomic E-state index is 14.2. The number of nitrogens with zero attached hydrogens (tertiary/aromatic N) is 3. The lowest BCUT2D eigenvalue weighted by atomic mass is 10.2. The third-order valence-electron chi connectivity index (χ3n) is 4.58. The molecule has 1 atom stereocenters. The Morgan fingerprint density at radius 3 is 2.76 bits per heavy atom. The summed E-state index contributed by atoms with van der Waals surface area (Å²) in [7, 11) is 0. The Kier molecular flexibility index (Phi) is 6.45. The van der Waals surface area contributed by atoms with E-state index in [9.17, 15) is 4.39 Å². The van der Waals surface area contributed by atoms with Gasteiger partial charge in [0.05, 0.1) is 29.6 Å². The first-order valence-electron chi connectivity index (χ1n) is 9.19. The minimum absolute atomic E-state index is 0.134. The van der Waals surface area contributed by atoms with Crippen molar-refractivity contribution < 1.29 is 9.13 Å². The molecule has 29 heavy (non-hydrogen) atoms. The third kappa shape index (κ3) is 4.78. The molecule has 0 bridgehead atoms. The van der Waals surface area contributed by atoms with Crippen molar-refractivity contribution in [3.63, 3.8) is 0 Å². The van der Waals surface area contributed by atoms with E-state index in [4.69, 9.17) is 32.9 Å². The van der Waals surface area contributed by atoms with E-state index in [0.717, 1.165) is 30.7 Å². The second-order valence-electron chi connectivity index (χ2n) is 6.58. The van der Waals surface area contributed by atoms with Crippen molar-refractivity contribution in [1.29, 1.82) is 0 Å². The lowest BCUT2D eigenvalue weighted by Crippen LogP contribution is -2.17. The molecular formula is C21H18Cl2FN3OS. The van der Waals surface area contributed by atoms with Gasteiger partial charge >= 0.3 is 0 Å². The monoisotopic (exact) mass is 449 g/mol. The molecule has 1 aromatic heterocycles. The van der Waals surface area contributed by atoms with Crippen LogP contribution in [0.2, 0.25) is 10.0 Å². The fourth-order valence-electron chi connectivity index (χ4n) is 3.06. The summed E-state index contributed by atoms with van der Waals surface area (Å²) in [5, 5.41) is 7.44. The van der Waals surface area contributed by atoms with Gasteiger partial charge in [0.15, 0.2) is 0 Å². The van der Waals surface area contributed by atoms with E-state index in [0.29, 0.717) is 21.4 Å². The van der Waals surface area contributed by atoms with E-state index in [1.807, 2.05) is 29.6 Å². The van der Waals surface area contributed by atoms with Gasteiger partial charge in [0.2, 0.25) is 4.80 Å². The Morgan fingerprint density at radius 1 is 1.21 bits per heavy atom. The number of ether oxygens (including phenoxy) is 1. The van der Waals surface area contributed by atoms with Crippen LogP contribution in [-0.2, 0) is 4.74 Å². The van der Waals surface area contributed by atoms with Crippen LogP contribution in [0, 0.1) is 5.82 Å². The standard InChI is InChI=1S/C21H18Cl2FN3OS/c22-15-8-6-14(7-9-15)20-13-29-21(25-11-16-3-2-10-28-16)27(20)26-12-17-18(23)4-1-5-19(17)24/h1,4-9,12-13,16H,2-3,10-11H2. The molecule has 1 aliphatic rings. The second-order valence-corrected chi connectivity index (χ2v) is 8.26. The van der Waals surface area contributed by atoms with Gasteiger partial charge in [-0.3, -0.25) is 4.99 Å². The summed E-state index contributed by atoms with van der Waals surface area (Å²) in [6.45, 7) is 1.35. The SMILES string of the molecule is Fc1cccc(Cl)c1C=Nn1c(-c2ccc(Cl)cc2)csc1=NCC1CCCO1. The Labute approximate surface area is 181 Å². The molecule has 4 rings (SSSR count). The molecule has 150 valence electrons. The molecule has 0 N–H and O–H groups in total. The lowest BCUT2D eigenvalue weighted by Gasteiger charge is -2.06. The zero-order chi connectivity index (χ0) is 20.2. The highest BCUT2D eigenvalue weighted by Crippen LogP contribution is 2.23. The zero-order valence-electron chi connectivity index (χ0n) is 15.4. The molecule has 2 heterocycles. The van der Waals surface area contributed by atoms with Crippen molar-refractivity contribution in [3.05, 3.63) is 74.1 Å². The van der Waals surface area contributed by atoms with Crippen LogP contribution in [0.15, 0.2) is 57.9 Å². The lowest BCUT2D eigenvalue weighted by molar-refractivity contribution is 0.117. The molecule has 1 fully saturated rings. The summed E-state index contributed by atoms with van der Waals surface area (Å²) in [4.78, 5) is 5.40. The fourth-order valence-corrected chi connectivity index (χ4v) is 4.24. The molecule has 1 unspecified atom stereocenters. The van der Waals surface area contributed by atoms with Gasteiger partial charge in [-0.05, 0) is 37.1 Å². The average Bonchev–Trinajstić information content (AvgIpc) is 3.36. The first-order chi connectivity index (χ1) is 14.1. The largest absolute Gasteiger partial charge is 0.376 e. The van der Waals surface area contributed by atoms with Gasteiger partial charge in [0.1, 0.15) is 5.82 Å². The number of thiazole rings is 1. The summed E-state index contributed by atoms with van der Waals surface area (Å²) in [6, 6.07) is 12.0. The predicted molar refractivity (Wildman–Crippen MR) is 117 cm³/mol. The minimum Gasteiger partial charge on any atom is -0.376 e. The fraction of sp³-hybridized carbons (Fsp3) is 0.238. The Balaban J connectivity index is 1.75. The summed E-state index contributed by atoms with van der Waals surface area (Å²) >= 11 is 13.6. The van der Waals surface area contributed by atoms with E-state index in [1.54, 1.807) is 16.8 Å². The Morgan fingerprint density at radius 2 is 2.03 bits per heavy atom. The molecule has 0 radical (unpaired) electrons. The van der Waals surface area contributed by atoms with Crippen LogP contribution >= 0.6 is 34.5 Å². The summed E-state index contributed by atoms with van der Waals surface area (Å²) in [5.41, 5.74) is 2.00. The predicted octanol–water partition coefficient (Wildman–Crippen LogP) is 5.62. The highest BCUT2D eigenvalue weighted by Gasteiger charge is 2.15. The number of halogens is 3. The van der Waals surface area contributed by atoms with Crippen LogP contribution in [0.1, 0.15) is 18.4 Å². The van der Waals surface area contributed by atoms with Crippen LogP contribution in [0.5, 0.6) is 0 Å². The first kappa shape index (κ1) is 20.3. The summed E-state index contributed by atoms with van der Waals surface area (Å²) in [6.07, 6.45) is 3.63. The van der Waals surface area contributed by atoms with E-state index in [-0.39, 0.29) is 11.7 Å². The van der Waals surface area contributed by atoms with E-state index >= 15 is 0 Å². The molecule has 8 heteroatoms. The van der Waals surface area contributed by atoms with Gasteiger partial charge in [-0.15, -0.1) is 11.3 Å². The third-order valence-corrected chi connectivity index (χ3v) is 6.02. The van der Waals surface area contributed by atoms with E-state index in [2.05, 4.69) is 5.10 Å². The topological polar surface area (TPSA) is 38.9 Å². The van der Waals surface area contributed by atoms with Crippen molar-refractivity contribution in [2.75, 3.05) is 13.2 Å². The molecule has 2 aromatic carbocycles. The average molecular weight is 450 g/mol. The van der Waals surface area contributed by atoms with Gasteiger partial charge in [-0.1, -0.05) is 41.4 Å². The smallest absolute Gasteiger partial charge is 0.206 e. The number of rotatable bonds is 5. The molecule has 1 saturated heterocycles. The molecule has 0 spiro atoms. The molecule has 0 aliphatic carbocycles. The van der Waals surface area contributed by atoms with Crippen LogP contribution in [-0.4, -0.2) is 30.1 Å². The number of hydrogen-bond donors (Lipinski definition) is 0. The van der Waals surface area contributed by atoms with Crippen molar-refractivity contribution in [2.45, 2.75) is 18.9 Å². The van der Waals surface area contributed by atoms with Crippen LogP contribution in [0.25, 0.3) is 11.3 Å². The van der Waals surface area contributed by atoms with Crippen molar-refractivity contribution >= 4 is 40.8 Å². The van der Waals surface area contributed by atoms with Crippen LogP contribution in [0.3, 0.4) is 0 Å². The molecule has 3 aromatic rings. The zero-order valence-corrected chi connectivity index (χ0v) is 17.7. The number of hydrogen-bond acceptors (Lipinski definition) is 4. The maximum Gasteiger partial charge on any atom is 0.206 e. The number of aromatic nitrogens is 1. The van der Waals surface area contributed by atoms with E-state index < -0.39 is 5.82 Å². The molecule has 4 nitrogen and oxygen atoms in total. The van der Waals surface area contributed by atoms with Crippen LogP contribution < -0.4 is 4.80 Å². The summed E-state index contributed by atoms with van der Waals surface area (Å²) < 4.78 is 21.5. The van der Waals surface area contributed by atoms with E-state index in [1.165, 1.54) is 23.6 Å². The Bertz CT molecular complexity index is 1070.